The van der Waals surface area contributed by atoms with Crippen molar-refractivity contribution < 1.29 is 93.6 Å². The third-order valence-corrected chi connectivity index (χ3v) is 13.6. The molecular formula is C52H58Br2Cl2Mg2N2O9. The van der Waals surface area contributed by atoms with Crippen LogP contribution in [-0.2, 0) is 29.7 Å². The van der Waals surface area contributed by atoms with Crippen LogP contribution in [0.25, 0.3) is 33.8 Å². The number of halogens is 4. The summed E-state index contributed by atoms with van der Waals surface area (Å²) >= 11 is 6.83. The van der Waals surface area contributed by atoms with Gasteiger partial charge in [0, 0.05) is 49.1 Å². The molecule has 0 N–H and O–H groups in total. The van der Waals surface area contributed by atoms with E-state index in [4.69, 9.17) is 54.2 Å². The first-order chi connectivity index (χ1) is 31.4. The maximum atomic E-state index is 6.83. The summed E-state index contributed by atoms with van der Waals surface area (Å²) in [7, 11) is 6.73. The first-order valence-electron chi connectivity index (χ1n) is 22.4. The molecule has 2 fully saturated rings. The van der Waals surface area contributed by atoms with Crippen LogP contribution >= 0.6 is 11.6 Å². The molecule has 362 valence electrons. The van der Waals surface area contributed by atoms with Gasteiger partial charge in [-0.25, -0.2) is 12.8 Å². The molecule has 4 aromatic carbocycles. The Hall–Kier alpha value is -2.74. The van der Waals surface area contributed by atoms with Crippen LogP contribution in [0.5, 0.6) is 46.0 Å². The standard InChI is InChI=1S/C24H25NO4.C20H17ClNO4.C4H8O.C4H8.2BrH.ClH.2Mg/c1-26-19-6-5-16-11-18-17-13-21-20(28-14-29-21)12-15(17)7-10-25(18)24(8-3-4-9-24)22(16)23(19)27-2;1-23-15-4-3-12-7-14-13-9-17-16(25-10-26-17)8-11(13)5-6-22(14)20(21)18(12)19(15)24-2;1-2-4-5-3-1;1-3-4-2;;;;;/h5-6,11-13H,3-4,7-10,14H2,1-2H3;3-4,7-9H,5-6,10H2,1-2H3;1-4H2;1-4H2;3*1H;;/q;+1;;-2;;;;2*+2/p-3. The summed E-state index contributed by atoms with van der Waals surface area (Å²) < 4.78 is 52.0. The fourth-order valence-corrected chi connectivity index (χ4v) is 10.6. The van der Waals surface area contributed by atoms with Crippen LogP contribution in [-0.4, -0.2) is 113 Å². The van der Waals surface area contributed by atoms with Crippen molar-refractivity contribution in [3.63, 3.8) is 0 Å². The number of rotatable bonds is 5. The van der Waals surface area contributed by atoms with Crippen molar-refractivity contribution in [3.8, 4) is 57.3 Å². The van der Waals surface area contributed by atoms with Gasteiger partial charge in [0.1, 0.15) is 5.39 Å². The Bertz CT molecular complexity index is 2590. The van der Waals surface area contributed by atoms with Crippen LogP contribution in [0.4, 0.5) is 0 Å². The van der Waals surface area contributed by atoms with E-state index in [0.717, 1.165) is 121 Å². The molecule has 17 heteroatoms. The van der Waals surface area contributed by atoms with Gasteiger partial charge < -0.3 is 108 Å². The summed E-state index contributed by atoms with van der Waals surface area (Å²) in [4.78, 5) is 2.63. The second-order valence-corrected chi connectivity index (χ2v) is 17.0. The minimum Gasteiger partial charge on any atom is -1.00 e. The Morgan fingerprint density at radius 1 is 0.681 bits per heavy atom. The van der Waals surface area contributed by atoms with E-state index in [9.17, 15) is 0 Å². The van der Waals surface area contributed by atoms with Gasteiger partial charge in [-0.2, -0.15) is 4.57 Å². The topological polar surface area (TPSA) is 90.2 Å². The molecule has 0 atom stereocenters. The molecule has 5 aromatic rings. The summed E-state index contributed by atoms with van der Waals surface area (Å²) in [5.41, 5.74) is 9.84. The molecule has 1 saturated carbocycles. The Balaban J connectivity index is 0.000000241. The summed E-state index contributed by atoms with van der Waals surface area (Å²) in [5, 5.41) is 2.52. The van der Waals surface area contributed by atoms with Gasteiger partial charge in [0.2, 0.25) is 19.3 Å². The van der Waals surface area contributed by atoms with Crippen molar-refractivity contribution in [3.05, 3.63) is 101 Å². The molecular weight excluding hydrogens is 1080 g/mol. The quantitative estimate of drug-likeness (QED) is 0.109. The Labute approximate surface area is 471 Å². The molecule has 12 rings (SSSR count). The molecule has 0 bridgehead atoms. The number of aromatic nitrogens is 1. The van der Waals surface area contributed by atoms with Crippen LogP contribution < -0.4 is 88.8 Å². The molecule has 11 nitrogen and oxygen atoms in total. The van der Waals surface area contributed by atoms with Crippen molar-refractivity contribution in [1.29, 1.82) is 0 Å². The van der Waals surface area contributed by atoms with Crippen molar-refractivity contribution in [2.45, 2.75) is 76.3 Å². The number of nitrogens with zero attached hydrogens (tertiary/aromatic N) is 2. The van der Waals surface area contributed by atoms with E-state index < -0.39 is 0 Å². The van der Waals surface area contributed by atoms with Crippen LogP contribution in [0.1, 0.15) is 79.2 Å². The summed E-state index contributed by atoms with van der Waals surface area (Å²) in [6, 6.07) is 18.7. The summed E-state index contributed by atoms with van der Waals surface area (Å²) in [6.07, 6.45) is 13.4. The number of aryl methyl sites for hydroxylation is 1. The van der Waals surface area contributed by atoms with Crippen molar-refractivity contribution in [2.75, 3.05) is 61.8 Å². The number of fused-ring (bicyclic) bond motifs is 12. The number of pyridine rings is 1. The van der Waals surface area contributed by atoms with Crippen LogP contribution in [0.3, 0.4) is 0 Å². The predicted octanol–water partition coefficient (Wildman–Crippen LogP) is 0.803. The minimum absolute atomic E-state index is 0. The molecule has 7 aliphatic rings. The minimum atomic E-state index is -0.0344. The molecule has 1 spiro atoms. The first-order valence-corrected chi connectivity index (χ1v) is 22.8. The number of ether oxygens (including phenoxy) is 9. The number of hydrogen-bond acceptors (Lipinski definition) is 10. The number of unbranched alkanes of at least 4 members (excludes halogenated alkanes) is 1. The third-order valence-electron chi connectivity index (χ3n) is 13.2. The molecule has 0 radical (unpaired) electrons. The van der Waals surface area contributed by atoms with E-state index in [2.05, 4.69) is 59.7 Å². The zero-order chi connectivity index (χ0) is 44.4. The molecule has 1 aliphatic carbocycles. The summed E-state index contributed by atoms with van der Waals surface area (Å²) in [5.74, 6) is 6.34. The molecule has 69 heavy (non-hydrogen) atoms. The van der Waals surface area contributed by atoms with Gasteiger partial charge in [-0.1, -0.05) is 18.9 Å². The van der Waals surface area contributed by atoms with E-state index >= 15 is 0 Å². The number of methoxy groups -OCH3 is 4. The van der Waals surface area contributed by atoms with E-state index in [1.54, 1.807) is 28.4 Å². The zero-order valence-corrected chi connectivity index (χ0v) is 47.5. The molecule has 1 aromatic heterocycles. The van der Waals surface area contributed by atoms with Crippen molar-refractivity contribution in [1.82, 2.24) is 4.90 Å². The van der Waals surface area contributed by atoms with Crippen LogP contribution in [0.2, 0.25) is 5.15 Å². The maximum Gasteiger partial charge on any atom is 2.00 e. The Morgan fingerprint density at radius 2 is 1.23 bits per heavy atom. The largest absolute Gasteiger partial charge is 2.00 e. The zero-order valence-electron chi connectivity index (χ0n) is 40.0. The molecule has 6 aliphatic heterocycles. The van der Waals surface area contributed by atoms with Gasteiger partial charge in [0.15, 0.2) is 52.5 Å². The summed E-state index contributed by atoms with van der Waals surface area (Å²) in [6.45, 7) is 11.5. The van der Waals surface area contributed by atoms with Crippen LogP contribution in [0, 0.1) is 13.8 Å². The van der Waals surface area contributed by atoms with Crippen molar-refractivity contribution in [2.24, 2.45) is 0 Å². The molecule has 7 heterocycles. The second kappa shape index (κ2) is 26.3. The van der Waals surface area contributed by atoms with Gasteiger partial charge >= 0.3 is 46.1 Å². The predicted molar refractivity (Wildman–Crippen MR) is 260 cm³/mol. The smallest absolute Gasteiger partial charge is 1.00 e. The maximum absolute atomic E-state index is 6.83. The third kappa shape index (κ3) is 11.3. The normalized spacial score (nSPS) is 15.9. The average Bonchev–Trinajstić information content (AvgIpc) is 4.20. The SMILES string of the molecule is C1CCOC1.COc1ccc2c(c1OC)C1(CCCC1)N1CCc3cc4c(cc3C1=C2)OCO4.COc1ccc2cc3[n+](c(Cl)c2c1OC)CCc1cc2c(cc1-3)OCO2.[Br-].[Br-].[CH2-]CC[CH2-].[Cl-].[Mg+2].[Mg+2]. The first kappa shape index (κ1) is 58.8. The van der Waals surface area contributed by atoms with E-state index in [1.165, 1.54) is 59.2 Å². The van der Waals surface area contributed by atoms with Gasteiger partial charge in [0.25, 0.3) is 5.15 Å². The van der Waals surface area contributed by atoms with E-state index in [-0.39, 0.29) is 105 Å². The fraction of sp³-hybridized carbons (Fsp3) is 0.404. The van der Waals surface area contributed by atoms with Crippen molar-refractivity contribution >= 4 is 80.3 Å². The molecule has 0 unspecified atom stereocenters. The number of benzene rings is 4. The average molecular weight is 1130 g/mol. The monoisotopic (exact) mass is 1130 g/mol. The fourth-order valence-electron chi connectivity index (χ4n) is 10.2. The van der Waals surface area contributed by atoms with E-state index in [0.29, 0.717) is 23.4 Å². The van der Waals surface area contributed by atoms with Gasteiger partial charge in [-0.15, -0.1) is 0 Å². The molecule has 0 amide bonds. The van der Waals surface area contributed by atoms with Crippen LogP contribution in [0.15, 0.2) is 54.6 Å². The Morgan fingerprint density at radius 3 is 1.78 bits per heavy atom. The van der Waals surface area contributed by atoms with Gasteiger partial charge in [-0.05, 0) is 114 Å². The number of hydrogen-bond donors (Lipinski definition) is 0. The Kier molecular flexibility index (Phi) is 22.4. The molecule has 1 saturated heterocycles. The second-order valence-electron chi connectivity index (χ2n) is 16.7. The van der Waals surface area contributed by atoms with E-state index in [1.807, 2.05) is 24.3 Å². The van der Waals surface area contributed by atoms with Gasteiger partial charge in [0.05, 0.1) is 39.5 Å². The van der Waals surface area contributed by atoms with Gasteiger partial charge in [-0.3, -0.25) is 0 Å².